The van der Waals surface area contributed by atoms with Crippen LogP contribution in [-0.2, 0) is 19.4 Å². The maximum absolute atomic E-state index is 12.3. The first-order valence-electron chi connectivity index (χ1n) is 6.67. The molecule has 0 saturated carbocycles. The van der Waals surface area contributed by atoms with E-state index in [0.29, 0.717) is 5.56 Å². The van der Waals surface area contributed by atoms with Crippen molar-refractivity contribution >= 4 is 21.6 Å². The number of aryl methyl sites for hydroxylation is 2. The number of carbonyl (C=O) groups is 2. The minimum atomic E-state index is -3.88. The monoisotopic (exact) mass is 312 g/mol. The van der Waals surface area contributed by atoms with Crippen molar-refractivity contribution in [1.82, 2.24) is 0 Å². The number of ether oxygens (including phenoxy) is 1. The molecule has 1 aromatic rings. The van der Waals surface area contributed by atoms with Gasteiger partial charge in [0.25, 0.3) is 0 Å². The van der Waals surface area contributed by atoms with Crippen molar-refractivity contribution < 1.29 is 22.7 Å². The van der Waals surface area contributed by atoms with E-state index in [1.165, 1.54) is 6.92 Å². The van der Waals surface area contributed by atoms with Gasteiger partial charge in [-0.05, 0) is 44.9 Å². The highest BCUT2D eigenvalue weighted by Gasteiger charge is 2.31. The Labute approximate surface area is 125 Å². The van der Waals surface area contributed by atoms with Crippen LogP contribution in [-0.4, -0.2) is 37.8 Å². The Morgan fingerprint density at radius 1 is 1.19 bits per heavy atom. The molecule has 1 atom stereocenters. The van der Waals surface area contributed by atoms with Gasteiger partial charge < -0.3 is 4.74 Å². The van der Waals surface area contributed by atoms with Gasteiger partial charge in [-0.2, -0.15) is 0 Å². The van der Waals surface area contributed by atoms with Crippen molar-refractivity contribution in [2.24, 2.45) is 0 Å². The fourth-order valence-electron chi connectivity index (χ4n) is 1.78. The van der Waals surface area contributed by atoms with E-state index in [-0.39, 0.29) is 6.61 Å². The van der Waals surface area contributed by atoms with Crippen LogP contribution in [0.15, 0.2) is 18.2 Å². The smallest absolute Gasteiger partial charge is 0.321 e. The summed E-state index contributed by atoms with van der Waals surface area (Å²) in [6.45, 7) is 6.75. The Bertz CT molecular complexity index is 646. The van der Waals surface area contributed by atoms with Crippen molar-refractivity contribution in [2.75, 3.05) is 12.4 Å². The molecule has 116 valence electrons. The highest BCUT2D eigenvalue weighted by Crippen LogP contribution is 2.15. The zero-order valence-corrected chi connectivity index (χ0v) is 13.5. The van der Waals surface area contributed by atoms with E-state index in [0.717, 1.165) is 11.1 Å². The molecule has 1 aromatic carbocycles. The topological polar surface area (TPSA) is 77.5 Å². The average molecular weight is 312 g/mol. The molecule has 0 heterocycles. The molecule has 0 aromatic heterocycles. The van der Waals surface area contributed by atoms with E-state index in [1.54, 1.807) is 25.1 Å². The Morgan fingerprint density at radius 3 is 2.33 bits per heavy atom. The molecule has 0 amide bonds. The number of carbonyl (C=O) groups excluding carboxylic acids is 2. The number of esters is 1. The van der Waals surface area contributed by atoms with E-state index >= 15 is 0 Å². The number of sulfone groups is 1. The highest BCUT2D eigenvalue weighted by molar-refractivity contribution is 7.93. The van der Waals surface area contributed by atoms with Gasteiger partial charge in [-0.15, -0.1) is 0 Å². The fourth-order valence-corrected chi connectivity index (χ4v) is 2.91. The summed E-state index contributed by atoms with van der Waals surface area (Å²) in [5.74, 6) is -2.13. The molecule has 6 heteroatoms. The Kier molecular flexibility index (Phi) is 5.66. The Balaban J connectivity index is 2.95. The standard InChI is InChI=1S/C15H20O5S/c1-5-20-14(16)9-21(18,19)12(4)15(17)13-7-6-10(2)11(3)8-13/h6-8,12H,5,9H2,1-4H3. The lowest BCUT2D eigenvalue weighted by Crippen LogP contribution is -2.33. The lowest BCUT2D eigenvalue weighted by atomic mass is 10.0. The normalized spacial score (nSPS) is 12.8. The predicted octanol–water partition coefficient (Wildman–Crippen LogP) is 1.85. The first kappa shape index (κ1) is 17.4. The van der Waals surface area contributed by atoms with Gasteiger partial charge in [0.05, 0.1) is 6.61 Å². The van der Waals surface area contributed by atoms with Gasteiger partial charge in [0.15, 0.2) is 15.6 Å². The molecule has 0 N–H and O–H groups in total. The van der Waals surface area contributed by atoms with Gasteiger partial charge in [-0.3, -0.25) is 9.59 Å². The van der Waals surface area contributed by atoms with Gasteiger partial charge in [0.1, 0.15) is 11.0 Å². The summed E-state index contributed by atoms with van der Waals surface area (Å²) in [7, 11) is -3.88. The van der Waals surface area contributed by atoms with Crippen LogP contribution in [0, 0.1) is 13.8 Å². The quantitative estimate of drug-likeness (QED) is 0.592. The molecule has 0 aliphatic rings. The predicted molar refractivity (Wildman–Crippen MR) is 80.1 cm³/mol. The number of ketones is 1. The second-order valence-corrected chi connectivity index (χ2v) is 7.24. The zero-order valence-electron chi connectivity index (χ0n) is 12.7. The van der Waals surface area contributed by atoms with Gasteiger partial charge in [0.2, 0.25) is 0 Å². The van der Waals surface area contributed by atoms with Crippen molar-refractivity contribution in [3.05, 3.63) is 34.9 Å². The van der Waals surface area contributed by atoms with Gasteiger partial charge in [-0.25, -0.2) is 8.42 Å². The van der Waals surface area contributed by atoms with Crippen LogP contribution in [0.4, 0.5) is 0 Å². The number of rotatable bonds is 6. The molecule has 0 bridgehead atoms. The maximum atomic E-state index is 12.3. The molecule has 0 aliphatic heterocycles. The molecule has 0 saturated heterocycles. The van der Waals surface area contributed by atoms with Crippen molar-refractivity contribution in [2.45, 2.75) is 32.9 Å². The van der Waals surface area contributed by atoms with Crippen LogP contribution < -0.4 is 0 Å². The van der Waals surface area contributed by atoms with Crippen LogP contribution >= 0.6 is 0 Å². The molecule has 0 fully saturated rings. The van der Waals surface area contributed by atoms with Crippen LogP contribution in [0.3, 0.4) is 0 Å². The van der Waals surface area contributed by atoms with E-state index in [9.17, 15) is 18.0 Å². The van der Waals surface area contributed by atoms with Crippen molar-refractivity contribution in [1.29, 1.82) is 0 Å². The zero-order chi connectivity index (χ0) is 16.2. The molecular formula is C15H20O5S. The van der Waals surface area contributed by atoms with Gasteiger partial charge in [-0.1, -0.05) is 12.1 Å². The average Bonchev–Trinajstić information content (AvgIpc) is 2.39. The van der Waals surface area contributed by atoms with E-state index in [4.69, 9.17) is 0 Å². The number of hydrogen-bond acceptors (Lipinski definition) is 5. The van der Waals surface area contributed by atoms with Gasteiger partial charge >= 0.3 is 5.97 Å². The largest absolute Gasteiger partial charge is 0.465 e. The van der Waals surface area contributed by atoms with E-state index < -0.39 is 32.6 Å². The van der Waals surface area contributed by atoms with Crippen molar-refractivity contribution in [3.63, 3.8) is 0 Å². The second kappa shape index (κ2) is 6.85. The second-order valence-electron chi connectivity index (χ2n) is 4.92. The van der Waals surface area contributed by atoms with E-state index in [1.807, 2.05) is 13.8 Å². The summed E-state index contributed by atoms with van der Waals surface area (Å²) >= 11 is 0. The number of hydrogen-bond donors (Lipinski definition) is 0. The summed E-state index contributed by atoms with van der Waals surface area (Å²) in [6.07, 6.45) is 0. The minimum Gasteiger partial charge on any atom is -0.465 e. The van der Waals surface area contributed by atoms with Crippen molar-refractivity contribution in [3.8, 4) is 0 Å². The fraction of sp³-hybridized carbons (Fsp3) is 0.467. The molecule has 21 heavy (non-hydrogen) atoms. The molecule has 1 unspecified atom stereocenters. The van der Waals surface area contributed by atoms with Crippen LogP contribution in [0.25, 0.3) is 0 Å². The third-order valence-electron chi connectivity index (χ3n) is 3.32. The Hall–Kier alpha value is -1.69. The first-order valence-corrected chi connectivity index (χ1v) is 8.39. The van der Waals surface area contributed by atoms with Gasteiger partial charge in [0, 0.05) is 5.56 Å². The van der Waals surface area contributed by atoms with E-state index in [2.05, 4.69) is 4.74 Å². The number of Topliss-reactive ketones (excluding diaryl/α,β-unsaturated/α-hetero) is 1. The van der Waals surface area contributed by atoms with Crippen LogP contribution in [0.5, 0.6) is 0 Å². The molecule has 5 nitrogen and oxygen atoms in total. The maximum Gasteiger partial charge on any atom is 0.321 e. The van der Waals surface area contributed by atoms with Crippen LogP contribution in [0.1, 0.15) is 35.3 Å². The third kappa shape index (κ3) is 4.39. The minimum absolute atomic E-state index is 0.105. The lowest BCUT2D eigenvalue weighted by molar-refractivity contribution is -0.139. The first-order chi connectivity index (χ1) is 9.69. The molecule has 0 spiro atoms. The summed E-state index contributed by atoms with van der Waals surface area (Å²) in [4.78, 5) is 23.6. The summed E-state index contributed by atoms with van der Waals surface area (Å²) < 4.78 is 28.7. The summed E-state index contributed by atoms with van der Waals surface area (Å²) in [5, 5.41) is -1.27. The molecule has 0 radical (unpaired) electrons. The lowest BCUT2D eigenvalue weighted by Gasteiger charge is -2.12. The summed E-state index contributed by atoms with van der Waals surface area (Å²) in [6, 6.07) is 5.03. The SMILES string of the molecule is CCOC(=O)CS(=O)(=O)C(C)C(=O)c1ccc(C)c(C)c1. The van der Waals surface area contributed by atoms with Crippen LogP contribution in [0.2, 0.25) is 0 Å². The third-order valence-corrected chi connectivity index (χ3v) is 5.25. The molecular weight excluding hydrogens is 292 g/mol. The molecule has 0 aliphatic carbocycles. The number of benzene rings is 1. The summed E-state index contributed by atoms with van der Waals surface area (Å²) in [5.41, 5.74) is 2.27. The Morgan fingerprint density at radius 2 is 1.81 bits per heavy atom. The highest BCUT2D eigenvalue weighted by atomic mass is 32.2. The molecule has 1 rings (SSSR count).